The molecule has 0 bridgehead atoms. The zero-order valence-electron chi connectivity index (χ0n) is 16.2. The van der Waals surface area contributed by atoms with E-state index in [1.165, 1.54) is 12.1 Å². The number of benzene rings is 1. The number of carbonyl (C=O) groups excluding carboxylic acids is 1. The lowest BCUT2D eigenvalue weighted by molar-refractivity contribution is -0.917. The maximum Gasteiger partial charge on any atom is 0.417 e. The summed E-state index contributed by atoms with van der Waals surface area (Å²) in [6.45, 7) is 7.13. The number of quaternary nitrogens is 1. The largest absolute Gasteiger partial charge is 0.417 e. The molecule has 0 spiro atoms. The van der Waals surface area contributed by atoms with Crippen molar-refractivity contribution in [2.45, 2.75) is 37.9 Å². The summed E-state index contributed by atoms with van der Waals surface area (Å²) >= 11 is 0. The number of sulfonamides is 1. The minimum atomic E-state index is -4.75. The summed E-state index contributed by atoms with van der Waals surface area (Å²) in [5, 5.41) is 2.85. The molecule has 10 heteroatoms. The minimum Gasteiger partial charge on any atom is -0.351 e. The first-order chi connectivity index (χ1) is 12.9. The third kappa shape index (κ3) is 5.24. The topological polar surface area (TPSA) is 70.9 Å². The van der Waals surface area contributed by atoms with E-state index < -0.39 is 26.7 Å². The predicted octanol–water partition coefficient (Wildman–Crippen LogP) is 0.755. The fourth-order valence-corrected chi connectivity index (χ4v) is 4.81. The number of carbonyl (C=O) groups is 1. The molecule has 1 aliphatic rings. The molecule has 6 nitrogen and oxygen atoms in total. The van der Waals surface area contributed by atoms with Crippen molar-refractivity contribution in [3.05, 3.63) is 29.8 Å². The quantitative estimate of drug-likeness (QED) is 0.711. The SMILES string of the molecule is CC(C)CNC(=O)[C@@H](C)[NH+]1CCN(S(=O)(=O)c2ccccc2C(F)(F)F)CC1. The van der Waals surface area contributed by atoms with Crippen LogP contribution in [-0.4, -0.2) is 57.4 Å². The van der Waals surface area contributed by atoms with Crippen LogP contribution in [0.25, 0.3) is 0 Å². The predicted molar refractivity (Wildman–Crippen MR) is 98.2 cm³/mol. The van der Waals surface area contributed by atoms with Gasteiger partial charge >= 0.3 is 6.18 Å². The highest BCUT2D eigenvalue weighted by atomic mass is 32.2. The van der Waals surface area contributed by atoms with Crippen LogP contribution in [-0.2, 0) is 21.0 Å². The van der Waals surface area contributed by atoms with Crippen LogP contribution in [0.1, 0.15) is 26.3 Å². The Balaban J connectivity index is 2.08. The van der Waals surface area contributed by atoms with Crippen LogP contribution in [0.15, 0.2) is 29.2 Å². The molecular formula is C18H27F3N3O3S+. The number of halogens is 3. The average molecular weight is 422 g/mol. The maximum absolute atomic E-state index is 13.2. The number of rotatable bonds is 6. The van der Waals surface area contributed by atoms with E-state index in [0.29, 0.717) is 25.6 Å². The molecule has 0 aromatic heterocycles. The first-order valence-corrected chi connectivity index (χ1v) is 10.7. The number of amides is 1. The minimum absolute atomic E-state index is 0.0612. The van der Waals surface area contributed by atoms with Gasteiger partial charge in [0.15, 0.2) is 6.04 Å². The summed E-state index contributed by atoms with van der Waals surface area (Å²) in [5.74, 6) is 0.212. The van der Waals surface area contributed by atoms with Gasteiger partial charge in [0.2, 0.25) is 10.0 Å². The Hall–Kier alpha value is -1.65. The molecule has 1 fully saturated rings. The maximum atomic E-state index is 13.2. The zero-order chi connectivity index (χ0) is 21.1. The number of alkyl halides is 3. The highest BCUT2D eigenvalue weighted by molar-refractivity contribution is 7.89. The van der Waals surface area contributed by atoms with Crippen molar-refractivity contribution in [3.8, 4) is 0 Å². The molecule has 1 heterocycles. The molecule has 158 valence electrons. The van der Waals surface area contributed by atoms with Gasteiger partial charge in [0.1, 0.15) is 0 Å². The molecule has 0 aliphatic carbocycles. The number of piperazine rings is 1. The molecule has 0 saturated carbocycles. The number of nitrogens with zero attached hydrogens (tertiary/aromatic N) is 1. The molecule has 0 radical (unpaired) electrons. The van der Waals surface area contributed by atoms with Gasteiger partial charge in [0.25, 0.3) is 5.91 Å². The molecule has 1 atom stereocenters. The van der Waals surface area contributed by atoms with E-state index in [2.05, 4.69) is 5.32 Å². The van der Waals surface area contributed by atoms with E-state index >= 15 is 0 Å². The van der Waals surface area contributed by atoms with Crippen LogP contribution in [0.4, 0.5) is 13.2 Å². The summed E-state index contributed by atoms with van der Waals surface area (Å²) < 4.78 is 66.2. The Kier molecular flexibility index (Phi) is 7.11. The average Bonchev–Trinajstić information content (AvgIpc) is 2.65. The van der Waals surface area contributed by atoms with Gasteiger partial charge in [-0.2, -0.15) is 17.5 Å². The lowest BCUT2D eigenvalue weighted by Gasteiger charge is -2.34. The van der Waals surface area contributed by atoms with Crippen molar-refractivity contribution in [3.63, 3.8) is 0 Å². The van der Waals surface area contributed by atoms with Crippen molar-refractivity contribution in [1.82, 2.24) is 9.62 Å². The second kappa shape index (κ2) is 8.79. The lowest BCUT2D eigenvalue weighted by Crippen LogP contribution is -3.19. The van der Waals surface area contributed by atoms with Gasteiger partial charge in [0.05, 0.1) is 36.6 Å². The molecule has 28 heavy (non-hydrogen) atoms. The third-order valence-corrected chi connectivity index (χ3v) is 6.82. The monoisotopic (exact) mass is 422 g/mol. The second-order valence-corrected chi connectivity index (χ2v) is 9.32. The molecule has 1 aliphatic heterocycles. The normalized spacial score (nSPS) is 18.2. The summed E-state index contributed by atoms with van der Waals surface area (Å²) in [6.07, 6.45) is -4.75. The van der Waals surface area contributed by atoms with Gasteiger partial charge in [-0.3, -0.25) is 4.79 Å². The van der Waals surface area contributed by atoms with Crippen molar-refractivity contribution >= 4 is 15.9 Å². The summed E-state index contributed by atoms with van der Waals surface area (Å²) in [5.41, 5.74) is -1.16. The number of hydrogen-bond donors (Lipinski definition) is 2. The van der Waals surface area contributed by atoms with Gasteiger partial charge < -0.3 is 10.2 Å². The first-order valence-electron chi connectivity index (χ1n) is 9.23. The Morgan fingerprint density at radius 1 is 1.18 bits per heavy atom. The molecule has 2 rings (SSSR count). The van der Waals surface area contributed by atoms with Crippen molar-refractivity contribution in [1.29, 1.82) is 0 Å². The van der Waals surface area contributed by atoms with Crippen LogP contribution in [0.3, 0.4) is 0 Å². The molecule has 1 aromatic carbocycles. The Morgan fingerprint density at radius 2 is 1.75 bits per heavy atom. The molecule has 1 aromatic rings. The molecule has 0 unspecified atom stereocenters. The van der Waals surface area contributed by atoms with Crippen LogP contribution in [0.5, 0.6) is 0 Å². The highest BCUT2D eigenvalue weighted by Gasteiger charge is 2.40. The fourth-order valence-electron chi connectivity index (χ4n) is 3.15. The van der Waals surface area contributed by atoms with Gasteiger partial charge in [0, 0.05) is 6.54 Å². The highest BCUT2D eigenvalue weighted by Crippen LogP contribution is 2.35. The standard InChI is InChI=1S/C18H26F3N3O3S/c1-13(2)12-22-17(25)14(3)23-8-10-24(11-9-23)28(26,27)16-7-5-4-6-15(16)18(19,20)21/h4-7,13-14H,8-12H2,1-3H3,(H,22,25)/p+1/t14-/m1/s1. The molecule has 1 saturated heterocycles. The molecular weight excluding hydrogens is 395 g/mol. The summed E-state index contributed by atoms with van der Waals surface area (Å²) in [7, 11) is -4.27. The van der Waals surface area contributed by atoms with Crippen LogP contribution >= 0.6 is 0 Å². The number of hydrogen-bond acceptors (Lipinski definition) is 3. The lowest BCUT2D eigenvalue weighted by atomic mass is 10.2. The molecule has 1 amide bonds. The third-order valence-electron chi connectivity index (χ3n) is 4.87. The van der Waals surface area contributed by atoms with Crippen LogP contribution in [0, 0.1) is 5.92 Å². The van der Waals surface area contributed by atoms with Gasteiger partial charge in [-0.1, -0.05) is 26.0 Å². The van der Waals surface area contributed by atoms with E-state index in [1.54, 1.807) is 6.92 Å². The van der Waals surface area contributed by atoms with Crippen molar-refractivity contribution < 1.29 is 31.3 Å². The van der Waals surface area contributed by atoms with E-state index in [1.807, 2.05) is 13.8 Å². The van der Waals surface area contributed by atoms with E-state index in [0.717, 1.165) is 21.3 Å². The smallest absolute Gasteiger partial charge is 0.351 e. The second-order valence-electron chi connectivity index (χ2n) is 7.42. The first kappa shape index (κ1) is 22.6. The summed E-state index contributed by atoms with van der Waals surface area (Å²) in [4.78, 5) is 12.4. The van der Waals surface area contributed by atoms with Gasteiger partial charge in [-0.15, -0.1) is 0 Å². The molecule has 2 N–H and O–H groups in total. The number of nitrogens with one attached hydrogen (secondary N) is 2. The zero-order valence-corrected chi connectivity index (χ0v) is 17.0. The fraction of sp³-hybridized carbons (Fsp3) is 0.611. The van der Waals surface area contributed by atoms with Gasteiger partial charge in [-0.05, 0) is 25.0 Å². The Morgan fingerprint density at radius 3 is 2.29 bits per heavy atom. The Labute approximate surface area is 163 Å². The van der Waals surface area contributed by atoms with Crippen molar-refractivity contribution in [2.75, 3.05) is 32.7 Å². The summed E-state index contributed by atoms with van der Waals surface area (Å²) in [6, 6.07) is 3.85. The van der Waals surface area contributed by atoms with E-state index in [4.69, 9.17) is 0 Å². The van der Waals surface area contributed by atoms with Crippen molar-refractivity contribution in [2.24, 2.45) is 5.92 Å². The van der Waals surface area contributed by atoms with Crippen LogP contribution in [0.2, 0.25) is 0 Å². The Bertz CT molecular complexity index is 789. The van der Waals surface area contributed by atoms with Crippen LogP contribution < -0.4 is 10.2 Å². The van der Waals surface area contributed by atoms with Gasteiger partial charge in [-0.25, -0.2) is 8.42 Å². The van der Waals surface area contributed by atoms with E-state index in [-0.39, 0.29) is 25.0 Å². The van der Waals surface area contributed by atoms with E-state index in [9.17, 15) is 26.4 Å².